The van der Waals surface area contributed by atoms with Crippen molar-refractivity contribution >= 4 is 0 Å². The van der Waals surface area contributed by atoms with Crippen molar-refractivity contribution in [3.05, 3.63) is 0 Å². The zero-order valence-corrected chi connectivity index (χ0v) is 12.5. The largest absolute Gasteiger partial charge is 0.394 e. The van der Waals surface area contributed by atoms with E-state index in [4.69, 9.17) is 20.1 Å². The predicted octanol–water partition coefficient (Wildman–Crippen LogP) is -5.50. The third kappa shape index (κ3) is 3.70. The number of hydrogen-bond acceptors (Lipinski definition) is 12. The second-order valence-electron chi connectivity index (χ2n) is 5.64. The summed E-state index contributed by atoms with van der Waals surface area (Å²) in [4.78, 5) is 4.48. The van der Waals surface area contributed by atoms with Gasteiger partial charge < -0.3 is 50.0 Å². The van der Waals surface area contributed by atoms with E-state index in [-0.39, 0.29) is 0 Å². The van der Waals surface area contributed by atoms with Crippen LogP contribution in [0.3, 0.4) is 0 Å². The predicted molar refractivity (Wildman–Crippen MR) is 71.7 cm³/mol. The quantitative estimate of drug-likeness (QED) is 0.217. The molecule has 2 aliphatic rings. The van der Waals surface area contributed by atoms with Crippen LogP contribution in [0.15, 0.2) is 0 Å². The fourth-order valence-electron chi connectivity index (χ4n) is 2.72. The molecule has 0 spiro atoms. The molecule has 142 valence electrons. The molecule has 0 aromatic heterocycles. The molecular formula is C12H23NO11. The van der Waals surface area contributed by atoms with Gasteiger partial charge in [-0.15, -0.1) is 0 Å². The van der Waals surface area contributed by atoms with Crippen LogP contribution >= 0.6 is 0 Å². The van der Waals surface area contributed by atoms with Crippen LogP contribution in [0.4, 0.5) is 0 Å². The minimum absolute atomic E-state index is 0.637. The maximum atomic E-state index is 10.1. The molecule has 0 radical (unpaired) electrons. The van der Waals surface area contributed by atoms with Gasteiger partial charge in [-0.1, -0.05) is 0 Å². The van der Waals surface area contributed by atoms with Crippen LogP contribution in [0.5, 0.6) is 0 Å². The molecule has 0 aliphatic carbocycles. The van der Waals surface area contributed by atoms with Crippen LogP contribution in [-0.4, -0.2) is 110 Å². The molecule has 2 fully saturated rings. The monoisotopic (exact) mass is 357 g/mol. The van der Waals surface area contributed by atoms with Crippen LogP contribution in [0.1, 0.15) is 0 Å². The van der Waals surface area contributed by atoms with Crippen molar-refractivity contribution in [2.75, 3.05) is 13.2 Å². The molecule has 24 heavy (non-hydrogen) atoms. The average molecular weight is 357 g/mol. The molecule has 0 amide bonds. The lowest BCUT2D eigenvalue weighted by Crippen LogP contribution is -2.65. The highest BCUT2D eigenvalue weighted by molar-refractivity contribution is 4.94. The van der Waals surface area contributed by atoms with E-state index in [1.54, 1.807) is 0 Å². The highest BCUT2D eigenvalue weighted by Gasteiger charge is 2.50. The molecule has 0 aromatic carbocycles. The van der Waals surface area contributed by atoms with Crippen molar-refractivity contribution in [3.63, 3.8) is 0 Å². The number of aliphatic hydroxyl groups excluding tert-OH is 7. The molecule has 2 aliphatic heterocycles. The van der Waals surface area contributed by atoms with Crippen LogP contribution in [0.2, 0.25) is 0 Å². The molecule has 9 N–H and O–H groups in total. The normalized spacial score (nSPS) is 50.0. The van der Waals surface area contributed by atoms with Gasteiger partial charge in [0.2, 0.25) is 0 Å². The van der Waals surface area contributed by atoms with Crippen LogP contribution in [-0.2, 0) is 19.0 Å². The zero-order valence-electron chi connectivity index (χ0n) is 12.5. The highest BCUT2D eigenvalue weighted by Crippen LogP contribution is 2.29. The van der Waals surface area contributed by atoms with Gasteiger partial charge in [-0.05, 0) is 0 Å². The van der Waals surface area contributed by atoms with Crippen LogP contribution in [0.25, 0.3) is 0 Å². The Labute approximate surface area is 136 Å². The van der Waals surface area contributed by atoms with E-state index < -0.39 is 74.6 Å². The van der Waals surface area contributed by atoms with Crippen molar-refractivity contribution in [2.45, 2.75) is 61.4 Å². The van der Waals surface area contributed by atoms with Gasteiger partial charge in [0.1, 0.15) is 48.8 Å². The Morgan fingerprint density at radius 1 is 0.750 bits per heavy atom. The fraction of sp³-hybridized carbons (Fsp3) is 1.00. The summed E-state index contributed by atoms with van der Waals surface area (Å²) >= 11 is 0. The molecule has 2 heterocycles. The fourth-order valence-corrected chi connectivity index (χ4v) is 2.72. The summed E-state index contributed by atoms with van der Waals surface area (Å²) in [6, 6.07) is 0. The first kappa shape index (κ1) is 19.8. The Hall–Kier alpha value is -0.480. The lowest BCUT2D eigenvalue weighted by atomic mass is 9.97. The lowest BCUT2D eigenvalue weighted by molar-refractivity contribution is -0.358. The summed E-state index contributed by atoms with van der Waals surface area (Å²) in [6.45, 7) is -1.31. The van der Waals surface area contributed by atoms with Crippen LogP contribution < -0.4 is 5.90 Å². The molecule has 2 saturated heterocycles. The van der Waals surface area contributed by atoms with Crippen molar-refractivity contribution in [1.29, 1.82) is 0 Å². The highest BCUT2D eigenvalue weighted by atomic mass is 16.7. The third-order valence-corrected chi connectivity index (χ3v) is 4.11. The molecule has 2 rings (SSSR count). The summed E-state index contributed by atoms with van der Waals surface area (Å²) in [5, 5.41) is 67.5. The van der Waals surface area contributed by atoms with Gasteiger partial charge in [0.15, 0.2) is 12.6 Å². The van der Waals surface area contributed by atoms with Crippen molar-refractivity contribution in [1.82, 2.24) is 0 Å². The van der Waals surface area contributed by atoms with Gasteiger partial charge in [0.25, 0.3) is 0 Å². The summed E-state index contributed by atoms with van der Waals surface area (Å²) in [5.41, 5.74) is 0. The van der Waals surface area contributed by atoms with E-state index >= 15 is 0 Å². The SMILES string of the molecule is NO[C@@H]1[C@@H](O)[C@@H](O[C@H]2[C@H](O)[C@@H](O)[C@H](O)O[C@@H]2CO)O[C@H](CO)[C@H]1O. The summed E-state index contributed by atoms with van der Waals surface area (Å²) in [6.07, 6.45) is -14.9. The first-order valence-corrected chi connectivity index (χ1v) is 7.29. The summed E-state index contributed by atoms with van der Waals surface area (Å²) in [5.74, 6) is 5.02. The summed E-state index contributed by atoms with van der Waals surface area (Å²) < 4.78 is 15.5. The van der Waals surface area contributed by atoms with E-state index in [0.717, 1.165) is 0 Å². The van der Waals surface area contributed by atoms with Gasteiger partial charge in [0.05, 0.1) is 13.2 Å². The Bertz CT molecular complexity index is 399. The lowest BCUT2D eigenvalue weighted by Gasteiger charge is -2.45. The zero-order chi connectivity index (χ0) is 18.0. The van der Waals surface area contributed by atoms with Crippen molar-refractivity contribution < 1.29 is 54.8 Å². The molecular weight excluding hydrogens is 334 g/mol. The Kier molecular flexibility index (Phi) is 6.83. The van der Waals surface area contributed by atoms with E-state index in [9.17, 15) is 35.7 Å². The van der Waals surface area contributed by atoms with Gasteiger partial charge in [0, 0.05) is 0 Å². The van der Waals surface area contributed by atoms with Crippen molar-refractivity contribution in [2.24, 2.45) is 5.90 Å². The first-order chi connectivity index (χ1) is 11.3. The van der Waals surface area contributed by atoms with E-state index in [0.29, 0.717) is 0 Å². The average Bonchev–Trinajstić information content (AvgIpc) is 2.57. The number of nitrogens with two attached hydrogens (primary N) is 1. The van der Waals surface area contributed by atoms with E-state index in [2.05, 4.69) is 4.84 Å². The van der Waals surface area contributed by atoms with E-state index in [1.165, 1.54) is 0 Å². The minimum Gasteiger partial charge on any atom is -0.394 e. The topological polar surface area (TPSA) is 205 Å². The first-order valence-electron chi connectivity index (χ1n) is 7.29. The number of rotatable bonds is 5. The van der Waals surface area contributed by atoms with E-state index in [1.807, 2.05) is 0 Å². The number of hydrogen-bond donors (Lipinski definition) is 8. The molecule has 0 unspecified atom stereocenters. The molecule has 0 bridgehead atoms. The summed E-state index contributed by atoms with van der Waals surface area (Å²) in [7, 11) is 0. The Morgan fingerprint density at radius 3 is 1.92 bits per heavy atom. The molecule has 10 atom stereocenters. The molecule has 12 heteroatoms. The standard InChI is InChI=1S/C12H23NO11/c13-24-10-5(16)3(1-14)22-12(8(10)19)23-9-4(2-15)21-11(20)7(18)6(9)17/h3-12,14-20H,1-2,13H2/t3-,4-,5-,6-,7-,8-,9-,10+,11-,12-/m1/s1. The number of aliphatic hydroxyl groups is 7. The van der Waals surface area contributed by atoms with Gasteiger partial charge in [-0.2, -0.15) is 0 Å². The maximum absolute atomic E-state index is 10.1. The molecule has 0 saturated carbocycles. The smallest absolute Gasteiger partial charge is 0.187 e. The van der Waals surface area contributed by atoms with Crippen LogP contribution in [0, 0.1) is 0 Å². The minimum atomic E-state index is -1.73. The molecule has 0 aromatic rings. The second-order valence-corrected chi connectivity index (χ2v) is 5.64. The second kappa shape index (κ2) is 8.27. The van der Waals surface area contributed by atoms with Gasteiger partial charge >= 0.3 is 0 Å². The third-order valence-electron chi connectivity index (χ3n) is 4.11. The number of ether oxygens (including phenoxy) is 3. The van der Waals surface area contributed by atoms with Gasteiger partial charge in [-0.25, -0.2) is 5.90 Å². The Balaban J connectivity index is 2.14. The van der Waals surface area contributed by atoms with Gasteiger partial charge in [-0.3, -0.25) is 4.84 Å². The van der Waals surface area contributed by atoms with Crippen molar-refractivity contribution in [3.8, 4) is 0 Å². The Morgan fingerprint density at radius 2 is 1.38 bits per heavy atom. The molecule has 12 nitrogen and oxygen atoms in total. The maximum Gasteiger partial charge on any atom is 0.187 e.